The first-order valence-corrected chi connectivity index (χ1v) is 4.44. The van der Waals surface area contributed by atoms with Gasteiger partial charge in [-0.2, -0.15) is 0 Å². The average Bonchev–Trinajstić information content (AvgIpc) is 2.18. The van der Waals surface area contributed by atoms with Crippen molar-refractivity contribution in [2.24, 2.45) is 0 Å². The molecule has 0 aliphatic carbocycles. The van der Waals surface area contributed by atoms with Crippen molar-refractivity contribution in [3.05, 3.63) is 48.0 Å². The van der Waals surface area contributed by atoms with Crippen LogP contribution in [0, 0.1) is 0 Å². The second-order valence-electron chi connectivity index (χ2n) is 3.12. The molecule has 0 atom stereocenters. The lowest BCUT2D eigenvalue weighted by Gasteiger charge is -2.00. The van der Waals surface area contributed by atoms with Gasteiger partial charge < -0.3 is 0 Å². The Labute approximate surface area is 77.0 Å². The Morgan fingerprint density at radius 3 is 2.46 bits per heavy atom. The summed E-state index contributed by atoms with van der Waals surface area (Å²) in [7, 11) is 0. The summed E-state index contributed by atoms with van der Waals surface area (Å²) in [6, 6.07) is 14.2. The third kappa shape index (κ3) is 1.69. The van der Waals surface area contributed by atoms with E-state index in [1.54, 1.807) is 0 Å². The molecule has 0 aromatic heterocycles. The van der Waals surface area contributed by atoms with Gasteiger partial charge in [-0.05, 0) is 16.3 Å². The van der Waals surface area contributed by atoms with Crippen molar-refractivity contribution >= 4 is 10.8 Å². The maximum absolute atomic E-state index is 12.1. The van der Waals surface area contributed by atoms with Gasteiger partial charge >= 0.3 is 0 Å². The van der Waals surface area contributed by atoms with Gasteiger partial charge in [-0.25, -0.2) is 0 Å². The van der Waals surface area contributed by atoms with Gasteiger partial charge in [-0.1, -0.05) is 42.5 Å². The summed E-state index contributed by atoms with van der Waals surface area (Å²) < 4.78 is 12.1. The van der Waals surface area contributed by atoms with E-state index in [-0.39, 0.29) is 6.67 Å². The Balaban J connectivity index is 2.49. The minimum absolute atomic E-state index is 0.279. The SMILES string of the molecule is [19F]CCc1ccc2ccccc2c1. The predicted octanol–water partition coefficient (Wildman–Crippen LogP) is 3.35. The van der Waals surface area contributed by atoms with Crippen LogP contribution >= 0.6 is 0 Å². The summed E-state index contributed by atoms with van der Waals surface area (Å²) in [5, 5.41) is 2.40. The van der Waals surface area contributed by atoms with Gasteiger partial charge in [0.25, 0.3) is 0 Å². The molecule has 0 spiro atoms. The van der Waals surface area contributed by atoms with Crippen LogP contribution in [0.3, 0.4) is 0 Å². The summed E-state index contributed by atoms with van der Waals surface area (Å²) in [6.45, 7) is -0.279. The molecule has 0 radical (unpaired) electrons. The second kappa shape index (κ2) is 3.56. The molecule has 0 saturated heterocycles. The Kier molecular flexibility index (Phi) is 2.26. The van der Waals surface area contributed by atoms with Crippen molar-refractivity contribution in [3.8, 4) is 0 Å². The molecule has 0 unspecified atom stereocenters. The minimum atomic E-state index is -0.279. The first kappa shape index (κ1) is 8.24. The first-order valence-electron chi connectivity index (χ1n) is 4.44. The van der Waals surface area contributed by atoms with Crippen LogP contribution < -0.4 is 0 Å². The van der Waals surface area contributed by atoms with Gasteiger partial charge in [0.05, 0.1) is 6.67 Å². The van der Waals surface area contributed by atoms with Gasteiger partial charge in [-0.15, -0.1) is 0 Å². The number of aryl methyl sites for hydroxylation is 1. The summed E-state index contributed by atoms with van der Waals surface area (Å²) >= 11 is 0. The molecule has 0 N–H and O–H groups in total. The molecule has 0 amide bonds. The quantitative estimate of drug-likeness (QED) is 0.655. The highest BCUT2D eigenvalue weighted by molar-refractivity contribution is 5.82. The van der Waals surface area contributed by atoms with E-state index in [4.69, 9.17) is 0 Å². The fourth-order valence-corrected chi connectivity index (χ4v) is 1.50. The van der Waals surface area contributed by atoms with E-state index in [2.05, 4.69) is 18.2 Å². The number of alkyl halides is 1. The van der Waals surface area contributed by atoms with Crippen LogP contribution in [-0.4, -0.2) is 6.67 Å². The van der Waals surface area contributed by atoms with Crippen LogP contribution in [0.1, 0.15) is 5.56 Å². The number of halogens is 1. The minimum Gasteiger partial charge on any atom is -0.251 e. The normalized spacial score (nSPS) is 10.5. The fourth-order valence-electron chi connectivity index (χ4n) is 1.50. The predicted molar refractivity (Wildman–Crippen MR) is 53.6 cm³/mol. The van der Waals surface area contributed by atoms with E-state index in [9.17, 15) is 4.39 Å². The molecule has 0 heterocycles. The van der Waals surface area contributed by atoms with Crippen LogP contribution in [0.25, 0.3) is 10.8 Å². The molecule has 1 heteroatoms. The van der Waals surface area contributed by atoms with Crippen LogP contribution in [-0.2, 0) is 6.42 Å². The lowest BCUT2D eigenvalue weighted by molar-refractivity contribution is 0.495. The van der Waals surface area contributed by atoms with Gasteiger partial charge in [0.15, 0.2) is 0 Å². The standard InChI is InChI=1S/C12H11F/c13-8-7-10-5-6-11-3-1-2-4-12(11)9-10/h1-6,9H,7-8H2/i13+0. The van der Waals surface area contributed by atoms with E-state index in [1.165, 1.54) is 10.8 Å². The maximum Gasteiger partial charge on any atom is 0.0934 e. The lowest BCUT2D eigenvalue weighted by atomic mass is 10.1. The van der Waals surface area contributed by atoms with Crippen LogP contribution in [0.15, 0.2) is 42.5 Å². The number of benzene rings is 2. The van der Waals surface area contributed by atoms with E-state index < -0.39 is 0 Å². The fraction of sp³-hybridized carbons (Fsp3) is 0.167. The molecule has 0 aliphatic heterocycles. The van der Waals surface area contributed by atoms with Crippen molar-refractivity contribution in [1.82, 2.24) is 0 Å². The largest absolute Gasteiger partial charge is 0.251 e. The van der Waals surface area contributed by atoms with Crippen molar-refractivity contribution in [2.75, 3.05) is 6.67 Å². The number of rotatable bonds is 2. The second-order valence-corrected chi connectivity index (χ2v) is 3.12. The molecular weight excluding hydrogens is 163 g/mol. The first-order chi connectivity index (χ1) is 6.40. The highest BCUT2D eigenvalue weighted by atomic mass is 19.1. The Morgan fingerprint density at radius 1 is 0.923 bits per heavy atom. The lowest BCUT2D eigenvalue weighted by Crippen LogP contribution is -1.85. The van der Waals surface area contributed by atoms with E-state index >= 15 is 0 Å². The highest BCUT2D eigenvalue weighted by Gasteiger charge is 1.94. The summed E-state index contributed by atoms with van der Waals surface area (Å²) in [5.41, 5.74) is 1.07. The monoisotopic (exact) mass is 174 g/mol. The summed E-state index contributed by atoms with van der Waals surface area (Å²) in [6.07, 6.45) is 0.519. The van der Waals surface area contributed by atoms with Crippen molar-refractivity contribution in [3.63, 3.8) is 0 Å². The number of hydrogen-bond acceptors (Lipinski definition) is 0. The molecule has 66 valence electrons. The Hall–Kier alpha value is -1.37. The zero-order valence-electron chi connectivity index (χ0n) is 7.33. The highest BCUT2D eigenvalue weighted by Crippen LogP contribution is 2.15. The maximum atomic E-state index is 12.1. The molecule has 2 rings (SSSR count). The number of fused-ring (bicyclic) bond motifs is 1. The van der Waals surface area contributed by atoms with Gasteiger partial charge in [0.1, 0.15) is 0 Å². The molecule has 0 fully saturated rings. The third-order valence-electron chi connectivity index (χ3n) is 2.20. The Bertz CT molecular complexity index is 407. The van der Waals surface area contributed by atoms with Crippen molar-refractivity contribution < 1.29 is 4.39 Å². The topological polar surface area (TPSA) is 0 Å². The van der Waals surface area contributed by atoms with Gasteiger partial charge in [-0.3, -0.25) is 4.39 Å². The molecule has 2 aromatic carbocycles. The van der Waals surface area contributed by atoms with Crippen LogP contribution in [0.4, 0.5) is 4.39 Å². The van der Waals surface area contributed by atoms with Crippen LogP contribution in [0.5, 0.6) is 0 Å². The zero-order valence-corrected chi connectivity index (χ0v) is 7.33. The van der Waals surface area contributed by atoms with Crippen molar-refractivity contribution in [1.29, 1.82) is 0 Å². The average molecular weight is 174 g/mol. The van der Waals surface area contributed by atoms with E-state index in [1.807, 2.05) is 24.3 Å². The zero-order chi connectivity index (χ0) is 9.10. The summed E-state index contributed by atoms with van der Waals surface area (Å²) in [5.74, 6) is 0. The molecule has 2 aromatic rings. The molecular formula is C12H11F. The molecule has 13 heavy (non-hydrogen) atoms. The smallest absolute Gasteiger partial charge is 0.0934 e. The third-order valence-corrected chi connectivity index (χ3v) is 2.20. The molecule has 0 bridgehead atoms. The number of hydrogen-bond donors (Lipinski definition) is 0. The van der Waals surface area contributed by atoms with Gasteiger partial charge in [0.2, 0.25) is 0 Å². The molecule has 0 saturated carbocycles. The molecule has 0 nitrogen and oxygen atoms in total. The van der Waals surface area contributed by atoms with E-state index in [0.29, 0.717) is 6.42 Å². The summed E-state index contributed by atoms with van der Waals surface area (Å²) in [4.78, 5) is 0. The molecule has 0 aliphatic rings. The van der Waals surface area contributed by atoms with E-state index in [0.717, 1.165) is 5.56 Å². The Morgan fingerprint density at radius 2 is 1.69 bits per heavy atom. The van der Waals surface area contributed by atoms with Crippen molar-refractivity contribution in [2.45, 2.75) is 6.42 Å². The van der Waals surface area contributed by atoms with Gasteiger partial charge in [0, 0.05) is 6.42 Å². The van der Waals surface area contributed by atoms with Crippen LogP contribution in [0.2, 0.25) is 0 Å².